The van der Waals surface area contributed by atoms with Gasteiger partial charge in [0.25, 0.3) is 0 Å². The molecule has 0 fully saturated rings. The van der Waals surface area contributed by atoms with Gasteiger partial charge in [0.15, 0.2) is 0 Å². The highest BCUT2D eigenvalue weighted by Gasteiger charge is 2.14. The number of aromatic nitrogens is 2. The van der Waals surface area contributed by atoms with Crippen LogP contribution >= 0.6 is 0 Å². The van der Waals surface area contributed by atoms with E-state index >= 15 is 0 Å². The molecule has 3 aromatic carbocycles. The first-order valence-electron chi connectivity index (χ1n) is 9.94. The Kier molecular flexibility index (Phi) is 5.48. The SMILES string of the molecule is COC(=O)c1cccc(Cc2c(C)c(C)cc3[nH]c(/C=C/c4ccccc4)nc23)c1. The predicted molar refractivity (Wildman–Crippen MR) is 122 cm³/mol. The van der Waals surface area contributed by atoms with E-state index in [1.807, 2.05) is 42.5 Å². The summed E-state index contributed by atoms with van der Waals surface area (Å²) in [5.74, 6) is 0.500. The van der Waals surface area contributed by atoms with E-state index in [1.54, 1.807) is 6.07 Å². The fraction of sp³-hybridized carbons (Fsp3) is 0.154. The van der Waals surface area contributed by atoms with E-state index in [2.05, 4.69) is 43.1 Å². The zero-order chi connectivity index (χ0) is 21.1. The van der Waals surface area contributed by atoms with Crippen molar-refractivity contribution in [3.8, 4) is 0 Å². The molecule has 1 N–H and O–H groups in total. The van der Waals surface area contributed by atoms with E-state index in [9.17, 15) is 4.79 Å². The topological polar surface area (TPSA) is 55.0 Å². The highest BCUT2D eigenvalue weighted by Crippen LogP contribution is 2.27. The molecule has 0 saturated carbocycles. The highest BCUT2D eigenvalue weighted by atomic mass is 16.5. The molecular weight excluding hydrogens is 372 g/mol. The number of esters is 1. The molecule has 0 aliphatic rings. The molecule has 0 aliphatic heterocycles. The van der Waals surface area contributed by atoms with Crippen LogP contribution in [0, 0.1) is 13.8 Å². The third-order valence-electron chi connectivity index (χ3n) is 5.40. The van der Waals surface area contributed by atoms with Gasteiger partial charge in [0.2, 0.25) is 0 Å². The number of imidazole rings is 1. The first-order valence-corrected chi connectivity index (χ1v) is 9.94. The van der Waals surface area contributed by atoms with Gasteiger partial charge < -0.3 is 9.72 Å². The van der Waals surface area contributed by atoms with E-state index in [0.717, 1.165) is 28.0 Å². The molecule has 30 heavy (non-hydrogen) atoms. The maximum absolute atomic E-state index is 11.9. The molecule has 0 atom stereocenters. The molecule has 0 unspecified atom stereocenters. The van der Waals surface area contributed by atoms with Crippen molar-refractivity contribution >= 4 is 29.2 Å². The zero-order valence-corrected chi connectivity index (χ0v) is 17.4. The van der Waals surface area contributed by atoms with Gasteiger partial charge in [-0.3, -0.25) is 0 Å². The van der Waals surface area contributed by atoms with Crippen LogP contribution in [0.4, 0.5) is 0 Å². The lowest BCUT2D eigenvalue weighted by atomic mass is 9.95. The lowest BCUT2D eigenvalue weighted by Crippen LogP contribution is -2.02. The summed E-state index contributed by atoms with van der Waals surface area (Å²) < 4.78 is 4.86. The minimum absolute atomic E-state index is 0.323. The van der Waals surface area contributed by atoms with Crippen LogP contribution in [-0.4, -0.2) is 23.0 Å². The van der Waals surface area contributed by atoms with Crippen molar-refractivity contribution in [3.05, 3.63) is 99.9 Å². The fourth-order valence-corrected chi connectivity index (χ4v) is 3.65. The molecule has 0 amide bonds. The number of hydrogen-bond acceptors (Lipinski definition) is 3. The van der Waals surface area contributed by atoms with E-state index < -0.39 is 0 Å². The van der Waals surface area contributed by atoms with Crippen LogP contribution in [0.5, 0.6) is 0 Å². The number of carbonyl (C=O) groups excluding carboxylic acids is 1. The predicted octanol–water partition coefficient (Wildman–Crippen LogP) is 5.73. The standard InChI is InChI=1S/C26H24N2O2/c1-17-14-23-25(28-24(27-23)13-12-19-8-5-4-6-9-19)22(18(17)2)16-20-10-7-11-21(15-20)26(29)30-3/h4-15H,16H2,1-3H3,(H,27,28)/b13-12+. The number of nitrogens with one attached hydrogen (secondary N) is 1. The number of aryl methyl sites for hydroxylation is 1. The Morgan fingerprint density at radius 2 is 1.83 bits per heavy atom. The number of carbonyl (C=O) groups is 1. The number of ether oxygens (including phenoxy) is 1. The molecule has 4 rings (SSSR count). The van der Waals surface area contributed by atoms with Crippen LogP contribution < -0.4 is 0 Å². The smallest absolute Gasteiger partial charge is 0.337 e. The summed E-state index contributed by atoms with van der Waals surface area (Å²) in [6, 6.07) is 19.9. The summed E-state index contributed by atoms with van der Waals surface area (Å²) in [7, 11) is 1.40. The average Bonchev–Trinajstić information content (AvgIpc) is 3.18. The van der Waals surface area contributed by atoms with Crippen molar-refractivity contribution in [1.82, 2.24) is 9.97 Å². The number of nitrogens with zero attached hydrogens (tertiary/aromatic N) is 1. The second-order valence-electron chi connectivity index (χ2n) is 7.43. The summed E-state index contributed by atoms with van der Waals surface area (Å²) in [5, 5.41) is 0. The third-order valence-corrected chi connectivity index (χ3v) is 5.40. The summed E-state index contributed by atoms with van der Waals surface area (Å²) in [4.78, 5) is 20.2. The Balaban J connectivity index is 1.72. The van der Waals surface area contributed by atoms with Crippen molar-refractivity contribution in [3.63, 3.8) is 0 Å². The molecule has 0 saturated heterocycles. The van der Waals surface area contributed by atoms with Crippen molar-refractivity contribution < 1.29 is 9.53 Å². The zero-order valence-electron chi connectivity index (χ0n) is 17.4. The van der Waals surface area contributed by atoms with Crippen LogP contribution in [0.25, 0.3) is 23.2 Å². The molecular formula is C26H24N2O2. The average molecular weight is 396 g/mol. The Morgan fingerprint density at radius 1 is 1.03 bits per heavy atom. The molecule has 0 aliphatic carbocycles. The van der Waals surface area contributed by atoms with Crippen molar-refractivity contribution in [2.24, 2.45) is 0 Å². The van der Waals surface area contributed by atoms with Gasteiger partial charge in [0, 0.05) is 0 Å². The summed E-state index contributed by atoms with van der Waals surface area (Å²) in [6.45, 7) is 4.24. The van der Waals surface area contributed by atoms with Gasteiger partial charge in [-0.05, 0) is 72.4 Å². The molecule has 1 aromatic heterocycles. The first-order chi connectivity index (χ1) is 14.5. The van der Waals surface area contributed by atoms with Crippen LogP contribution in [0.15, 0.2) is 60.7 Å². The van der Waals surface area contributed by atoms with Crippen molar-refractivity contribution in [1.29, 1.82) is 0 Å². The van der Waals surface area contributed by atoms with E-state index in [-0.39, 0.29) is 5.97 Å². The molecule has 4 aromatic rings. The summed E-state index contributed by atoms with van der Waals surface area (Å²) >= 11 is 0. The normalized spacial score (nSPS) is 11.3. The Hall–Kier alpha value is -3.66. The monoisotopic (exact) mass is 396 g/mol. The quantitative estimate of drug-likeness (QED) is 0.439. The van der Waals surface area contributed by atoms with E-state index in [4.69, 9.17) is 9.72 Å². The highest BCUT2D eigenvalue weighted by molar-refractivity contribution is 5.89. The van der Waals surface area contributed by atoms with Crippen molar-refractivity contribution in [2.75, 3.05) is 7.11 Å². The molecule has 150 valence electrons. The Bertz CT molecular complexity index is 1240. The summed E-state index contributed by atoms with van der Waals surface area (Å²) in [6.07, 6.45) is 4.75. The third kappa shape index (κ3) is 4.03. The second-order valence-corrected chi connectivity index (χ2v) is 7.43. The van der Waals surface area contributed by atoms with Gasteiger partial charge in [0.1, 0.15) is 5.82 Å². The van der Waals surface area contributed by atoms with Crippen LogP contribution in [-0.2, 0) is 11.2 Å². The number of hydrogen-bond donors (Lipinski definition) is 1. The molecule has 0 bridgehead atoms. The minimum atomic E-state index is -0.323. The Morgan fingerprint density at radius 3 is 2.60 bits per heavy atom. The van der Waals surface area contributed by atoms with Gasteiger partial charge in [-0.1, -0.05) is 48.5 Å². The number of fused-ring (bicyclic) bond motifs is 1. The Labute approximate surface area is 176 Å². The molecule has 1 heterocycles. The van der Waals surface area contributed by atoms with Gasteiger partial charge in [-0.2, -0.15) is 0 Å². The number of aromatic amines is 1. The van der Waals surface area contributed by atoms with E-state index in [1.165, 1.54) is 23.8 Å². The first kappa shape index (κ1) is 19.6. The summed E-state index contributed by atoms with van der Waals surface area (Å²) in [5.41, 5.74) is 8.33. The van der Waals surface area contributed by atoms with Gasteiger partial charge in [-0.15, -0.1) is 0 Å². The van der Waals surface area contributed by atoms with Crippen LogP contribution in [0.3, 0.4) is 0 Å². The number of benzene rings is 3. The maximum atomic E-state index is 11.9. The number of methoxy groups -OCH3 is 1. The largest absolute Gasteiger partial charge is 0.465 e. The van der Waals surface area contributed by atoms with Gasteiger partial charge >= 0.3 is 5.97 Å². The lowest BCUT2D eigenvalue weighted by molar-refractivity contribution is 0.0600. The molecule has 4 heteroatoms. The number of rotatable bonds is 5. The van der Waals surface area contributed by atoms with Gasteiger partial charge in [-0.25, -0.2) is 9.78 Å². The molecule has 4 nitrogen and oxygen atoms in total. The molecule has 0 radical (unpaired) electrons. The number of H-pyrrole nitrogens is 1. The minimum Gasteiger partial charge on any atom is -0.465 e. The van der Waals surface area contributed by atoms with Crippen molar-refractivity contribution in [2.45, 2.75) is 20.3 Å². The molecule has 0 spiro atoms. The lowest BCUT2D eigenvalue weighted by Gasteiger charge is -2.11. The van der Waals surface area contributed by atoms with Crippen LogP contribution in [0.2, 0.25) is 0 Å². The fourth-order valence-electron chi connectivity index (χ4n) is 3.65. The van der Waals surface area contributed by atoms with Gasteiger partial charge in [0.05, 0.1) is 23.7 Å². The second kappa shape index (κ2) is 8.37. The maximum Gasteiger partial charge on any atom is 0.337 e. The van der Waals surface area contributed by atoms with E-state index in [0.29, 0.717) is 12.0 Å². The van der Waals surface area contributed by atoms with Crippen LogP contribution in [0.1, 0.15) is 44.0 Å².